The molecule has 0 fully saturated rings. The Balaban J connectivity index is 1.39. The zero-order chi connectivity index (χ0) is 17.6. The van der Waals surface area contributed by atoms with Crippen LogP contribution in [0.2, 0.25) is 0 Å². The number of hydrogen-bond donors (Lipinski definition) is 1. The predicted molar refractivity (Wildman–Crippen MR) is 99.4 cm³/mol. The summed E-state index contributed by atoms with van der Waals surface area (Å²) in [5.74, 6) is 1.32. The summed E-state index contributed by atoms with van der Waals surface area (Å²) < 4.78 is 10.6. The van der Waals surface area contributed by atoms with E-state index in [4.69, 9.17) is 9.47 Å². The number of carbonyl (C=O) groups excluding carboxylic acids is 1. The van der Waals surface area contributed by atoms with E-state index < -0.39 is 0 Å². The van der Waals surface area contributed by atoms with Crippen LogP contribution in [-0.2, 0) is 17.8 Å². The van der Waals surface area contributed by atoms with E-state index in [9.17, 15) is 4.79 Å². The molecule has 1 aromatic carbocycles. The van der Waals surface area contributed by atoms with Crippen LogP contribution in [0.3, 0.4) is 0 Å². The van der Waals surface area contributed by atoms with Gasteiger partial charge in [-0.05, 0) is 54.6 Å². The minimum Gasteiger partial charge on any atom is -0.497 e. The molecule has 1 aliphatic heterocycles. The normalized spacial score (nSPS) is 15.3. The highest BCUT2D eigenvalue weighted by atomic mass is 32.1. The third-order valence-electron chi connectivity index (χ3n) is 4.48. The second kappa shape index (κ2) is 8.36. The van der Waals surface area contributed by atoms with Crippen LogP contribution in [0.4, 0.5) is 0 Å². The van der Waals surface area contributed by atoms with E-state index in [0.717, 1.165) is 25.3 Å². The number of nitrogens with one attached hydrogen (secondary N) is 1. The molecule has 6 heteroatoms. The van der Waals surface area contributed by atoms with Gasteiger partial charge in [-0.1, -0.05) is 0 Å². The number of benzene rings is 1. The molecule has 0 aliphatic carbocycles. The minimum atomic E-state index is -0.101. The van der Waals surface area contributed by atoms with Crippen LogP contribution in [0, 0.1) is 0 Å². The average molecular weight is 360 g/mol. The Labute approximate surface area is 152 Å². The lowest BCUT2D eigenvalue weighted by atomic mass is 10.1. The average Bonchev–Trinajstić information content (AvgIpc) is 3.12. The van der Waals surface area contributed by atoms with Gasteiger partial charge in [0.2, 0.25) is 0 Å². The van der Waals surface area contributed by atoms with Gasteiger partial charge < -0.3 is 14.8 Å². The lowest BCUT2D eigenvalue weighted by Gasteiger charge is -2.32. The predicted octanol–water partition coefficient (Wildman–Crippen LogP) is 2.70. The number of carbonyl (C=O) groups is 1. The van der Waals surface area contributed by atoms with Gasteiger partial charge in [-0.25, -0.2) is 0 Å². The van der Waals surface area contributed by atoms with Crippen molar-refractivity contribution < 1.29 is 14.3 Å². The third kappa shape index (κ3) is 4.74. The molecular weight excluding hydrogens is 336 g/mol. The molecule has 1 atom stereocenters. The zero-order valence-corrected chi connectivity index (χ0v) is 15.5. The summed E-state index contributed by atoms with van der Waals surface area (Å²) >= 11 is 1.84. The van der Waals surface area contributed by atoms with Crippen LogP contribution < -0.4 is 14.8 Å². The van der Waals surface area contributed by atoms with E-state index in [1.807, 2.05) is 23.5 Å². The number of fused-ring (bicyclic) bond motifs is 1. The fourth-order valence-electron chi connectivity index (χ4n) is 2.91. The van der Waals surface area contributed by atoms with E-state index >= 15 is 0 Å². The monoisotopic (exact) mass is 360 g/mol. The molecule has 0 bridgehead atoms. The van der Waals surface area contributed by atoms with Crippen LogP contribution in [0.15, 0.2) is 35.7 Å². The summed E-state index contributed by atoms with van der Waals surface area (Å²) in [5.41, 5.74) is 1.43. The van der Waals surface area contributed by atoms with Gasteiger partial charge in [0.15, 0.2) is 6.61 Å². The molecule has 134 valence electrons. The Morgan fingerprint density at radius 1 is 1.28 bits per heavy atom. The molecule has 0 saturated heterocycles. The smallest absolute Gasteiger partial charge is 0.257 e. The molecule has 0 saturated carbocycles. The summed E-state index contributed by atoms with van der Waals surface area (Å²) in [5, 5.41) is 5.13. The standard InChI is InChI=1S/C19H24N2O3S/c1-14(21-9-7-18-15(12-21)8-10-25-18)11-20-19(22)13-24-17-5-3-16(23-2)4-6-17/h3-6,8,10,14H,7,9,11-13H2,1-2H3,(H,20,22). The lowest BCUT2D eigenvalue weighted by molar-refractivity contribution is -0.123. The highest BCUT2D eigenvalue weighted by Crippen LogP contribution is 2.25. The number of nitrogens with zero attached hydrogens (tertiary/aromatic N) is 1. The highest BCUT2D eigenvalue weighted by Gasteiger charge is 2.21. The second-order valence-corrected chi connectivity index (χ2v) is 7.21. The molecule has 3 rings (SSSR count). The fourth-order valence-corrected chi connectivity index (χ4v) is 3.80. The summed E-state index contributed by atoms with van der Waals surface area (Å²) in [6.07, 6.45) is 1.10. The van der Waals surface area contributed by atoms with Gasteiger partial charge in [0.05, 0.1) is 7.11 Å². The SMILES string of the molecule is COc1ccc(OCC(=O)NCC(C)N2CCc3sccc3C2)cc1. The Morgan fingerprint density at radius 2 is 2.04 bits per heavy atom. The summed E-state index contributed by atoms with van der Waals surface area (Å²) in [6.45, 7) is 4.82. The quantitative estimate of drug-likeness (QED) is 0.825. The van der Waals surface area contributed by atoms with Crippen molar-refractivity contribution in [3.8, 4) is 11.5 Å². The van der Waals surface area contributed by atoms with E-state index in [-0.39, 0.29) is 12.5 Å². The van der Waals surface area contributed by atoms with Crippen molar-refractivity contribution in [1.29, 1.82) is 0 Å². The van der Waals surface area contributed by atoms with Gasteiger partial charge >= 0.3 is 0 Å². The Hall–Kier alpha value is -2.05. The van der Waals surface area contributed by atoms with Crippen molar-refractivity contribution in [3.63, 3.8) is 0 Å². The fraction of sp³-hybridized carbons (Fsp3) is 0.421. The summed E-state index contributed by atoms with van der Waals surface area (Å²) in [6, 6.07) is 9.72. The van der Waals surface area contributed by atoms with Gasteiger partial charge in [-0.2, -0.15) is 0 Å². The highest BCUT2D eigenvalue weighted by molar-refractivity contribution is 7.10. The molecule has 1 unspecified atom stereocenters. The van der Waals surface area contributed by atoms with Crippen LogP contribution in [0.25, 0.3) is 0 Å². The van der Waals surface area contributed by atoms with Crippen LogP contribution in [0.5, 0.6) is 11.5 Å². The second-order valence-electron chi connectivity index (χ2n) is 6.21. The van der Waals surface area contributed by atoms with E-state index in [0.29, 0.717) is 18.3 Å². The number of methoxy groups -OCH3 is 1. The van der Waals surface area contributed by atoms with Crippen molar-refractivity contribution in [2.45, 2.75) is 25.9 Å². The number of thiophene rings is 1. The molecule has 1 aliphatic rings. The topological polar surface area (TPSA) is 50.8 Å². The maximum atomic E-state index is 12.0. The van der Waals surface area contributed by atoms with Crippen molar-refractivity contribution in [1.82, 2.24) is 10.2 Å². The molecule has 5 nitrogen and oxygen atoms in total. The van der Waals surface area contributed by atoms with Gasteiger partial charge in [-0.3, -0.25) is 9.69 Å². The maximum absolute atomic E-state index is 12.0. The summed E-state index contributed by atoms with van der Waals surface area (Å²) in [7, 11) is 1.62. The first-order valence-corrected chi connectivity index (χ1v) is 9.36. The molecule has 2 heterocycles. The van der Waals surface area contributed by atoms with Crippen molar-refractivity contribution in [2.75, 3.05) is 26.8 Å². The number of amides is 1. The number of rotatable bonds is 7. The first-order chi connectivity index (χ1) is 12.2. The van der Waals surface area contributed by atoms with Crippen molar-refractivity contribution >= 4 is 17.2 Å². The Morgan fingerprint density at radius 3 is 2.80 bits per heavy atom. The van der Waals surface area contributed by atoms with Gasteiger partial charge in [-0.15, -0.1) is 11.3 Å². The van der Waals surface area contributed by atoms with Gasteiger partial charge in [0, 0.05) is 30.6 Å². The summed E-state index contributed by atoms with van der Waals surface area (Å²) in [4.78, 5) is 15.9. The molecular formula is C19H24N2O3S. The molecule has 0 radical (unpaired) electrons. The molecule has 1 amide bonds. The zero-order valence-electron chi connectivity index (χ0n) is 14.7. The largest absolute Gasteiger partial charge is 0.497 e. The molecule has 25 heavy (non-hydrogen) atoms. The van der Waals surface area contributed by atoms with Crippen LogP contribution in [-0.4, -0.2) is 43.7 Å². The van der Waals surface area contributed by atoms with Crippen LogP contribution in [0.1, 0.15) is 17.4 Å². The van der Waals surface area contributed by atoms with Gasteiger partial charge in [0.25, 0.3) is 5.91 Å². The Kier molecular flexibility index (Phi) is 5.94. The van der Waals surface area contributed by atoms with Crippen molar-refractivity contribution in [2.24, 2.45) is 0 Å². The molecule has 1 N–H and O–H groups in total. The number of ether oxygens (including phenoxy) is 2. The van der Waals surface area contributed by atoms with E-state index in [1.165, 1.54) is 10.4 Å². The lowest BCUT2D eigenvalue weighted by Crippen LogP contribution is -2.45. The molecule has 0 spiro atoms. The van der Waals surface area contributed by atoms with Crippen molar-refractivity contribution in [3.05, 3.63) is 46.2 Å². The third-order valence-corrected chi connectivity index (χ3v) is 5.51. The Bertz CT molecular complexity index is 699. The first-order valence-electron chi connectivity index (χ1n) is 8.48. The van der Waals surface area contributed by atoms with Gasteiger partial charge in [0.1, 0.15) is 11.5 Å². The minimum absolute atomic E-state index is 0.0216. The molecule has 1 aromatic heterocycles. The number of hydrogen-bond acceptors (Lipinski definition) is 5. The van der Waals surface area contributed by atoms with E-state index in [1.54, 1.807) is 19.2 Å². The molecule has 2 aromatic rings. The van der Waals surface area contributed by atoms with E-state index in [2.05, 4.69) is 28.6 Å². The first kappa shape index (κ1) is 17.8. The maximum Gasteiger partial charge on any atom is 0.257 e. The van der Waals surface area contributed by atoms with Crippen LogP contribution >= 0.6 is 11.3 Å².